The first-order valence-electron chi connectivity index (χ1n) is 21.9. The molecule has 0 radical (unpaired) electrons. The monoisotopic (exact) mass is 684 g/mol. The van der Waals surface area contributed by atoms with Crippen molar-refractivity contribution in [1.82, 2.24) is 0 Å². The van der Waals surface area contributed by atoms with Crippen LogP contribution in [-0.2, 0) is 0 Å². The Kier molecular flexibility index (Phi) is 6.36. The van der Waals surface area contributed by atoms with Gasteiger partial charge in [0.1, 0.15) is 0 Å². The fourth-order valence-electron chi connectivity index (χ4n) is 6.75. The second-order valence-corrected chi connectivity index (χ2v) is 12.7. The summed E-state index contributed by atoms with van der Waals surface area (Å²) >= 11 is 0. The first-order valence-corrected chi connectivity index (χ1v) is 17.4. The molecule has 0 aliphatic rings. The van der Waals surface area contributed by atoms with Crippen LogP contribution in [0.4, 0.5) is 17.1 Å². The highest BCUT2D eigenvalue weighted by molar-refractivity contribution is 5.89. The van der Waals surface area contributed by atoms with Gasteiger partial charge in [-0.2, -0.15) is 0 Å². The number of anilines is 3. The number of rotatable bonds is 8. The fourth-order valence-corrected chi connectivity index (χ4v) is 6.75. The van der Waals surface area contributed by atoms with Crippen molar-refractivity contribution >= 4 is 27.8 Å². The van der Waals surface area contributed by atoms with Gasteiger partial charge in [0.25, 0.3) is 0 Å². The second kappa shape index (κ2) is 14.3. The van der Waals surface area contributed by atoms with E-state index in [0.717, 1.165) is 55.3 Å². The summed E-state index contributed by atoms with van der Waals surface area (Å²) in [6, 6.07) is 51.7. The van der Waals surface area contributed by atoms with Crippen molar-refractivity contribution in [2.24, 2.45) is 0 Å². The molecular formula is C52H37N. The lowest BCUT2D eigenvalue weighted by molar-refractivity contribution is 1.28. The third-order valence-electron chi connectivity index (χ3n) is 9.44. The van der Waals surface area contributed by atoms with Crippen LogP contribution in [0, 0.1) is 0 Å². The van der Waals surface area contributed by atoms with Gasteiger partial charge in [0.2, 0.25) is 0 Å². The average Bonchev–Trinajstić information content (AvgIpc) is 3.32. The Bertz CT molecular complexity index is 3090. The van der Waals surface area contributed by atoms with Crippen molar-refractivity contribution in [2.45, 2.75) is 0 Å². The summed E-state index contributed by atoms with van der Waals surface area (Å²) in [5, 5.41) is 2.23. The lowest BCUT2D eigenvalue weighted by Crippen LogP contribution is -2.09. The largest absolute Gasteiger partial charge is 0.311 e. The van der Waals surface area contributed by atoms with Gasteiger partial charge in [0, 0.05) is 17.1 Å². The van der Waals surface area contributed by atoms with Crippen LogP contribution in [0.15, 0.2) is 224 Å². The van der Waals surface area contributed by atoms with E-state index >= 15 is 0 Å². The molecule has 9 aromatic carbocycles. The number of benzene rings is 9. The van der Waals surface area contributed by atoms with Crippen molar-refractivity contribution < 1.29 is 12.3 Å². The normalized spacial score (nSPS) is 13.4. The molecule has 0 spiro atoms. The summed E-state index contributed by atoms with van der Waals surface area (Å²) in [7, 11) is 0. The molecule has 0 aliphatic carbocycles. The maximum atomic E-state index is 9.38. The molecule has 0 aromatic heterocycles. The molecule has 0 saturated heterocycles. The van der Waals surface area contributed by atoms with Crippen LogP contribution in [0.1, 0.15) is 12.3 Å². The summed E-state index contributed by atoms with van der Waals surface area (Å²) in [6.07, 6.45) is 0. The van der Waals surface area contributed by atoms with Crippen molar-refractivity contribution in [3.05, 3.63) is 224 Å². The Morgan fingerprint density at radius 1 is 0.283 bits per heavy atom. The minimum atomic E-state index is -0.624. The van der Waals surface area contributed by atoms with Crippen LogP contribution < -0.4 is 4.90 Å². The maximum Gasteiger partial charge on any atom is 0.0645 e. The highest BCUT2D eigenvalue weighted by Crippen LogP contribution is 2.40. The number of hydrogen-bond acceptors (Lipinski definition) is 1. The van der Waals surface area contributed by atoms with Crippen LogP contribution in [0.3, 0.4) is 0 Å². The molecule has 0 unspecified atom stereocenters. The lowest BCUT2D eigenvalue weighted by atomic mass is 9.91. The lowest BCUT2D eigenvalue weighted by Gasteiger charge is -2.26. The van der Waals surface area contributed by atoms with Crippen molar-refractivity contribution in [3.63, 3.8) is 0 Å². The fraction of sp³-hybridized carbons (Fsp3) is 0. The molecular weight excluding hydrogens is 639 g/mol. The summed E-state index contributed by atoms with van der Waals surface area (Å²) in [5.74, 6) is 0. The van der Waals surface area contributed by atoms with Crippen LogP contribution in [0.2, 0.25) is 0 Å². The molecule has 1 heteroatoms. The summed E-state index contributed by atoms with van der Waals surface area (Å²) in [5.41, 5.74) is 8.55. The van der Waals surface area contributed by atoms with Crippen molar-refractivity contribution in [1.29, 1.82) is 0 Å². The van der Waals surface area contributed by atoms with E-state index in [9.17, 15) is 5.48 Å². The second-order valence-electron chi connectivity index (χ2n) is 12.7. The van der Waals surface area contributed by atoms with E-state index in [-0.39, 0.29) is 16.8 Å². The molecule has 0 heterocycles. The van der Waals surface area contributed by atoms with E-state index < -0.39 is 54.4 Å². The standard InChI is InChI=1S/C52H37N/c1-4-12-38(13-5-1)40-22-29-48(30-23-40)53(49-31-24-41(25-32-49)46-21-20-39-14-10-11-19-45(39)36-46)50-33-26-42(27-34-50)47-28-35-51(43-15-6-2-7-16-43)52(37-47)44-17-8-3-9-18-44/h1-37H/i1D,4D,5D,12D,13D,22D,23D,29D,30D. The zero-order valence-corrected chi connectivity index (χ0v) is 28.6. The third kappa shape index (κ3) is 6.65. The molecule has 250 valence electrons. The Balaban J connectivity index is 1.18. The topological polar surface area (TPSA) is 3.24 Å². The summed E-state index contributed by atoms with van der Waals surface area (Å²) in [4.78, 5) is 1.67. The zero-order chi connectivity index (χ0) is 43.2. The van der Waals surface area contributed by atoms with E-state index in [4.69, 9.17) is 6.85 Å². The Hall–Kier alpha value is -6.96. The molecule has 0 amide bonds. The molecule has 0 N–H and O–H groups in total. The molecule has 9 aromatic rings. The van der Waals surface area contributed by atoms with Crippen molar-refractivity contribution in [2.75, 3.05) is 4.90 Å². The number of hydrogen-bond donors (Lipinski definition) is 0. The summed E-state index contributed by atoms with van der Waals surface area (Å²) < 4.78 is 78.9. The Morgan fingerprint density at radius 2 is 0.774 bits per heavy atom. The quantitative estimate of drug-likeness (QED) is 0.154. The maximum absolute atomic E-state index is 9.38. The highest BCUT2D eigenvalue weighted by atomic mass is 15.1. The molecule has 0 bridgehead atoms. The van der Waals surface area contributed by atoms with E-state index in [1.807, 2.05) is 97.1 Å². The van der Waals surface area contributed by atoms with Crippen LogP contribution in [0.5, 0.6) is 0 Å². The van der Waals surface area contributed by atoms with Gasteiger partial charge >= 0.3 is 0 Å². The van der Waals surface area contributed by atoms with E-state index in [1.165, 1.54) is 0 Å². The van der Waals surface area contributed by atoms with E-state index in [0.29, 0.717) is 11.4 Å². The predicted molar refractivity (Wildman–Crippen MR) is 226 cm³/mol. The van der Waals surface area contributed by atoms with Gasteiger partial charge in [-0.25, -0.2) is 0 Å². The SMILES string of the molecule is [2H]c1c([2H])c([2H])c(-c2c([2H])c([2H])c(N(c3ccc(-c4ccc(-c5ccccc5)c(-c5ccccc5)c4)cc3)c3ccc(-c4ccc5ccccc5c4)cc3)c([2H])c2[2H])c([2H])c1[2H]. The minimum absolute atomic E-state index is 0.0547. The van der Waals surface area contributed by atoms with E-state index in [1.54, 1.807) is 4.90 Å². The summed E-state index contributed by atoms with van der Waals surface area (Å²) in [6.45, 7) is 0. The molecule has 0 atom stereocenters. The first-order chi connectivity index (χ1) is 30.0. The number of nitrogens with zero attached hydrogens (tertiary/aromatic N) is 1. The third-order valence-corrected chi connectivity index (χ3v) is 9.44. The first kappa shape index (κ1) is 23.5. The van der Waals surface area contributed by atoms with Gasteiger partial charge in [-0.15, -0.1) is 0 Å². The smallest absolute Gasteiger partial charge is 0.0645 e. The van der Waals surface area contributed by atoms with Gasteiger partial charge in [0.15, 0.2) is 0 Å². The zero-order valence-electron chi connectivity index (χ0n) is 37.6. The van der Waals surface area contributed by atoms with Gasteiger partial charge < -0.3 is 4.90 Å². The molecule has 0 aliphatic heterocycles. The van der Waals surface area contributed by atoms with Gasteiger partial charge in [-0.05, 0) is 115 Å². The molecule has 1 nitrogen and oxygen atoms in total. The van der Waals surface area contributed by atoms with Gasteiger partial charge in [0.05, 0.1) is 12.3 Å². The minimum Gasteiger partial charge on any atom is -0.311 e. The predicted octanol–water partition coefficient (Wildman–Crippen LogP) is 14.6. The van der Waals surface area contributed by atoms with Crippen LogP contribution in [0.25, 0.3) is 66.4 Å². The number of fused-ring (bicyclic) bond motifs is 1. The average molecular weight is 685 g/mol. The molecule has 9 rings (SSSR count). The van der Waals surface area contributed by atoms with Crippen molar-refractivity contribution in [3.8, 4) is 55.6 Å². The van der Waals surface area contributed by atoms with Gasteiger partial charge in [-0.3, -0.25) is 0 Å². The van der Waals surface area contributed by atoms with Gasteiger partial charge in [-0.1, -0.05) is 176 Å². The van der Waals surface area contributed by atoms with Crippen LogP contribution in [-0.4, -0.2) is 0 Å². The highest BCUT2D eigenvalue weighted by Gasteiger charge is 2.15. The van der Waals surface area contributed by atoms with Crippen LogP contribution >= 0.6 is 0 Å². The molecule has 0 saturated carbocycles. The Labute approximate surface area is 324 Å². The van der Waals surface area contributed by atoms with E-state index in [2.05, 4.69) is 72.8 Å². The molecule has 53 heavy (non-hydrogen) atoms. The Morgan fingerprint density at radius 3 is 1.40 bits per heavy atom. The molecule has 0 fully saturated rings.